The van der Waals surface area contributed by atoms with Crippen molar-refractivity contribution >= 4 is 0 Å². The highest BCUT2D eigenvalue weighted by Crippen LogP contribution is 2.29. The fraction of sp³-hybridized carbons (Fsp3) is 0.533. The lowest BCUT2D eigenvalue weighted by Crippen LogP contribution is -2.15. The van der Waals surface area contributed by atoms with E-state index in [1.54, 1.807) is 0 Å². The zero-order chi connectivity index (χ0) is 13.2. The maximum absolute atomic E-state index is 5.29. The van der Waals surface area contributed by atoms with Crippen LogP contribution in [0, 0.1) is 6.92 Å². The molecular weight excluding hydrogens is 238 g/mol. The van der Waals surface area contributed by atoms with Crippen LogP contribution in [-0.2, 0) is 13.0 Å². The molecule has 0 radical (unpaired) electrons. The molecule has 2 heterocycles. The number of hydrogen-bond donors (Lipinski definition) is 1. The molecule has 1 aliphatic rings. The quantitative estimate of drug-likeness (QED) is 0.862. The summed E-state index contributed by atoms with van der Waals surface area (Å²) in [4.78, 5) is 0. The van der Waals surface area contributed by atoms with Crippen molar-refractivity contribution in [2.45, 2.75) is 45.2 Å². The van der Waals surface area contributed by atoms with Gasteiger partial charge >= 0.3 is 0 Å². The van der Waals surface area contributed by atoms with Crippen LogP contribution >= 0.6 is 0 Å². The number of nitrogens with zero attached hydrogens (tertiary/aromatic N) is 2. The van der Waals surface area contributed by atoms with Crippen LogP contribution < -0.4 is 5.32 Å². The van der Waals surface area contributed by atoms with E-state index in [9.17, 15) is 0 Å². The Balaban J connectivity index is 1.84. The van der Waals surface area contributed by atoms with Crippen molar-refractivity contribution in [1.29, 1.82) is 0 Å². The normalized spacial score (nSPS) is 19.2. The largest absolute Gasteiger partial charge is 0.359 e. The molecule has 0 amide bonds. The van der Waals surface area contributed by atoms with E-state index in [2.05, 4.69) is 34.5 Å². The Bertz CT molecular complexity index is 555. The first-order chi connectivity index (χ1) is 9.26. The molecular formula is C15H21N3O. The summed E-state index contributed by atoms with van der Waals surface area (Å²) in [5.74, 6) is 0.920. The van der Waals surface area contributed by atoms with Gasteiger partial charge in [-0.15, -0.1) is 0 Å². The Morgan fingerprint density at radius 3 is 3.05 bits per heavy atom. The van der Waals surface area contributed by atoms with E-state index in [-0.39, 0.29) is 0 Å². The molecule has 1 unspecified atom stereocenters. The molecule has 0 saturated heterocycles. The van der Waals surface area contributed by atoms with Crippen LogP contribution in [0.1, 0.15) is 47.9 Å². The second-order valence-corrected chi connectivity index (χ2v) is 5.43. The first-order valence-electron chi connectivity index (χ1n) is 7.04. The highest BCUT2D eigenvalue weighted by Gasteiger charge is 2.19. The first kappa shape index (κ1) is 12.5. The molecule has 1 N–H and O–H groups in total. The first-order valence-corrected chi connectivity index (χ1v) is 7.04. The van der Waals surface area contributed by atoms with E-state index in [0.717, 1.165) is 18.0 Å². The lowest BCUT2D eigenvalue weighted by molar-refractivity contribution is 0.373. The standard InChI is InChI=1S/C15H21N3O/c1-11-7-13(19-17-11)9-18-8-12-5-3-4-6-15(16-2)14(12)10-18/h7-8,10,15-16H,3-6,9H2,1-2H3. The van der Waals surface area contributed by atoms with Crippen molar-refractivity contribution in [3.8, 4) is 0 Å². The fourth-order valence-electron chi connectivity index (χ4n) is 2.98. The van der Waals surface area contributed by atoms with Gasteiger partial charge in [-0.3, -0.25) is 0 Å². The molecule has 4 heteroatoms. The highest BCUT2D eigenvalue weighted by molar-refractivity contribution is 5.29. The van der Waals surface area contributed by atoms with Crippen molar-refractivity contribution in [2.75, 3.05) is 7.05 Å². The minimum Gasteiger partial charge on any atom is -0.359 e. The highest BCUT2D eigenvalue weighted by atomic mass is 16.5. The molecule has 0 fully saturated rings. The van der Waals surface area contributed by atoms with Crippen molar-refractivity contribution in [2.24, 2.45) is 0 Å². The smallest absolute Gasteiger partial charge is 0.156 e. The minimum absolute atomic E-state index is 0.496. The lowest BCUT2D eigenvalue weighted by atomic mass is 10.1. The van der Waals surface area contributed by atoms with Crippen LogP contribution in [0.25, 0.3) is 0 Å². The summed E-state index contributed by atoms with van der Waals surface area (Å²) in [7, 11) is 2.05. The number of hydrogen-bond acceptors (Lipinski definition) is 3. The Hall–Kier alpha value is -1.55. The molecule has 0 bridgehead atoms. The van der Waals surface area contributed by atoms with Crippen molar-refractivity contribution in [3.05, 3.63) is 41.0 Å². The molecule has 4 nitrogen and oxygen atoms in total. The summed E-state index contributed by atoms with van der Waals surface area (Å²) >= 11 is 0. The third kappa shape index (κ3) is 2.59. The summed E-state index contributed by atoms with van der Waals surface area (Å²) in [5.41, 5.74) is 3.88. The molecule has 0 spiro atoms. The Labute approximate surface area is 113 Å². The zero-order valence-electron chi connectivity index (χ0n) is 11.6. The van der Waals surface area contributed by atoms with Crippen LogP contribution in [-0.4, -0.2) is 16.8 Å². The van der Waals surface area contributed by atoms with Gasteiger partial charge in [-0.25, -0.2) is 0 Å². The van der Waals surface area contributed by atoms with Gasteiger partial charge in [-0.1, -0.05) is 11.6 Å². The van der Waals surface area contributed by atoms with Gasteiger partial charge in [0, 0.05) is 24.5 Å². The molecule has 2 aromatic rings. The van der Waals surface area contributed by atoms with Crippen molar-refractivity contribution in [3.63, 3.8) is 0 Å². The molecule has 0 aliphatic heterocycles. The zero-order valence-corrected chi connectivity index (χ0v) is 11.6. The Kier molecular flexibility index (Phi) is 3.42. The number of nitrogens with one attached hydrogen (secondary N) is 1. The molecule has 0 saturated carbocycles. The van der Waals surface area contributed by atoms with Crippen LogP contribution in [0.15, 0.2) is 23.0 Å². The Morgan fingerprint density at radius 1 is 1.42 bits per heavy atom. The average Bonchev–Trinajstić information content (AvgIpc) is 2.92. The molecule has 0 aromatic carbocycles. The summed E-state index contributed by atoms with van der Waals surface area (Å²) in [5, 5.41) is 7.37. The molecule has 1 atom stereocenters. The summed E-state index contributed by atoms with van der Waals surface area (Å²) in [6.45, 7) is 2.72. The minimum atomic E-state index is 0.496. The van der Waals surface area contributed by atoms with Crippen LogP contribution in [0.5, 0.6) is 0 Å². The second-order valence-electron chi connectivity index (χ2n) is 5.43. The predicted octanol–water partition coefficient (Wildman–Crippen LogP) is 2.82. The van der Waals surface area contributed by atoms with Gasteiger partial charge < -0.3 is 14.4 Å². The van der Waals surface area contributed by atoms with Gasteiger partial charge in [-0.05, 0) is 44.4 Å². The SMILES string of the molecule is CNC1CCCCc2cn(Cc3cc(C)no3)cc21. The Morgan fingerprint density at radius 2 is 2.32 bits per heavy atom. The van der Waals surface area contributed by atoms with Gasteiger partial charge in [0.05, 0.1) is 12.2 Å². The van der Waals surface area contributed by atoms with E-state index in [4.69, 9.17) is 4.52 Å². The van der Waals surface area contributed by atoms with Crippen LogP contribution in [0.2, 0.25) is 0 Å². The molecule has 1 aliphatic carbocycles. The molecule has 3 rings (SSSR count). The van der Waals surface area contributed by atoms with E-state index in [1.807, 2.05) is 13.0 Å². The lowest BCUT2D eigenvalue weighted by Gasteiger charge is -2.13. The topological polar surface area (TPSA) is 43.0 Å². The van der Waals surface area contributed by atoms with Crippen LogP contribution in [0.4, 0.5) is 0 Å². The van der Waals surface area contributed by atoms with E-state index in [0.29, 0.717) is 6.04 Å². The maximum Gasteiger partial charge on any atom is 0.156 e. The number of aromatic nitrogens is 2. The number of fused-ring (bicyclic) bond motifs is 1. The fourth-order valence-corrected chi connectivity index (χ4v) is 2.98. The number of rotatable bonds is 3. The van der Waals surface area contributed by atoms with Gasteiger partial charge in [0.25, 0.3) is 0 Å². The third-order valence-electron chi connectivity index (χ3n) is 3.93. The second kappa shape index (κ2) is 5.21. The van der Waals surface area contributed by atoms with Gasteiger partial charge in [0.15, 0.2) is 5.76 Å². The average molecular weight is 259 g/mol. The van der Waals surface area contributed by atoms with E-state index >= 15 is 0 Å². The monoisotopic (exact) mass is 259 g/mol. The van der Waals surface area contributed by atoms with Crippen molar-refractivity contribution < 1.29 is 4.52 Å². The predicted molar refractivity (Wildman–Crippen MR) is 74.1 cm³/mol. The molecule has 19 heavy (non-hydrogen) atoms. The summed E-state index contributed by atoms with van der Waals surface area (Å²) in [6.07, 6.45) is 9.55. The molecule has 102 valence electrons. The van der Waals surface area contributed by atoms with Gasteiger partial charge in [0.1, 0.15) is 0 Å². The van der Waals surface area contributed by atoms with Crippen LogP contribution in [0.3, 0.4) is 0 Å². The molecule has 2 aromatic heterocycles. The third-order valence-corrected chi connectivity index (χ3v) is 3.93. The van der Waals surface area contributed by atoms with Crippen molar-refractivity contribution in [1.82, 2.24) is 15.0 Å². The summed E-state index contributed by atoms with van der Waals surface area (Å²) < 4.78 is 7.51. The number of aryl methyl sites for hydroxylation is 2. The maximum atomic E-state index is 5.29. The van der Waals surface area contributed by atoms with E-state index in [1.165, 1.54) is 36.8 Å². The summed E-state index contributed by atoms with van der Waals surface area (Å²) in [6, 6.07) is 2.50. The van der Waals surface area contributed by atoms with Gasteiger partial charge in [0.2, 0.25) is 0 Å². The van der Waals surface area contributed by atoms with E-state index < -0.39 is 0 Å². The van der Waals surface area contributed by atoms with Gasteiger partial charge in [-0.2, -0.15) is 0 Å².